The van der Waals surface area contributed by atoms with Gasteiger partial charge in [0.05, 0.1) is 0 Å². The maximum Gasteiger partial charge on any atom is -0.147 e. The molecule has 0 spiro atoms. The Bertz CT molecular complexity index is 811. The Morgan fingerprint density at radius 1 is 0.645 bits per heavy atom. The van der Waals surface area contributed by atoms with Gasteiger partial charge in [0.1, 0.15) is 0 Å². The first kappa shape index (κ1) is 28.3. The fourth-order valence-corrected chi connectivity index (χ4v) is 8.09. The van der Waals surface area contributed by atoms with Crippen molar-refractivity contribution in [3.05, 3.63) is 58.7 Å². The van der Waals surface area contributed by atoms with E-state index in [1.807, 2.05) is 0 Å². The smallest absolute Gasteiger partial charge is 0.147 e. The van der Waals surface area contributed by atoms with Crippen molar-refractivity contribution >= 4 is 19.6 Å². The Balaban J connectivity index is 0.00000480. The van der Waals surface area contributed by atoms with Crippen LogP contribution < -0.4 is 7.58 Å². The van der Waals surface area contributed by atoms with Gasteiger partial charge < -0.3 is 0 Å². The second-order valence-electron chi connectivity index (χ2n) is 11.2. The molecule has 0 aliphatic rings. The molecule has 1 atom stereocenters. The summed E-state index contributed by atoms with van der Waals surface area (Å²) in [4.78, 5) is 0. The van der Waals surface area contributed by atoms with Crippen LogP contribution >= 0.6 is 19.6 Å². The van der Waals surface area contributed by atoms with E-state index in [0.717, 1.165) is 11.5 Å². The summed E-state index contributed by atoms with van der Waals surface area (Å²) >= 11 is -1.79. The Labute approximate surface area is 203 Å². The summed E-state index contributed by atoms with van der Waals surface area (Å²) in [6.07, 6.45) is 0. The molecule has 0 bridgehead atoms. The van der Waals surface area contributed by atoms with E-state index in [1.54, 1.807) is 0 Å². The molecular formula is C26H41ClCrO2P. The molecule has 0 saturated heterocycles. The number of aryl methyl sites for hydroxylation is 2. The van der Waals surface area contributed by atoms with Gasteiger partial charge in [0.2, 0.25) is 0 Å². The van der Waals surface area contributed by atoms with Crippen molar-refractivity contribution in [3.63, 3.8) is 0 Å². The third kappa shape index (κ3) is 8.63. The van der Waals surface area contributed by atoms with E-state index < -0.39 is 14.4 Å². The van der Waals surface area contributed by atoms with E-state index in [9.17, 15) is 0 Å². The minimum atomic E-state index is -1.79. The van der Waals surface area contributed by atoms with Crippen LogP contribution in [0.1, 0.15) is 84.6 Å². The van der Waals surface area contributed by atoms with Gasteiger partial charge in [0.25, 0.3) is 0 Å². The summed E-state index contributed by atoms with van der Waals surface area (Å²) in [5.41, 5.74) is 5.29. The molecule has 0 radical (unpaired) electrons. The molecule has 2 aromatic rings. The molecule has 2 nitrogen and oxygen atoms in total. The molecule has 2 rings (SSSR count). The van der Waals surface area contributed by atoms with Crippen molar-refractivity contribution in [2.24, 2.45) is 0 Å². The quantitative estimate of drug-likeness (QED) is 0.380. The second kappa shape index (κ2) is 10.5. The van der Waals surface area contributed by atoms with Crippen LogP contribution in [-0.4, -0.2) is 5.16 Å². The minimum Gasteiger partial charge on any atom is -0.147 e. The van der Waals surface area contributed by atoms with E-state index in [-0.39, 0.29) is 28.4 Å². The zero-order valence-electron chi connectivity index (χ0n) is 21.1. The molecule has 0 aliphatic heterocycles. The van der Waals surface area contributed by atoms with Crippen LogP contribution in [0.2, 0.25) is 0 Å². The van der Waals surface area contributed by atoms with Gasteiger partial charge in [-0.3, -0.25) is 0 Å². The summed E-state index contributed by atoms with van der Waals surface area (Å²) < 4.78 is 13.1. The average Bonchev–Trinajstić information content (AvgIpc) is 2.55. The second-order valence-corrected chi connectivity index (χ2v) is 16.5. The summed E-state index contributed by atoms with van der Waals surface area (Å²) in [6, 6.07) is 13.1. The fraction of sp³-hybridized carbons (Fsp3) is 0.538. The third-order valence-corrected chi connectivity index (χ3v) is 11.0. The topological polar surface area (TPSA) is 18.5 Å². The molecule has 1 unspecified atom stereocenters. The molecule has 0 amide bonds. The van der Waals surface area contributed by atoms with Gasteiger partial charge in [0, 0.05) is 0 Å². The zero-order valence-corrected chi connectivity index (χ0v) is 24.2. The Morgan fingerprint density at radius 3 is 1.26 bits per heavy atom. The van der Waals surface area contributed by atoms with Gasteiger partial charge in [0.15, 0.2) is 0 Å². The molecule has 0 aliphatic carbocycles. The van der Waals surface area contributed by atoms with Crippen molar-refractivity contribution in [2.45, 2.75) is 92.1 Å². The summed E-state index contributed by atoms with van der Waals surface area (Å²) in [5, 5.41) is 0.170. The normalized spacial score (nSPS) is 12.9. The van der Waals surface area contributed by atoms with Crippen LogP contribution in [0.3, 0.4) is 0 Å². The largest absolute Gasteiger partial charge is 0.147 e. The van der Waals surface area contributed by atoms with Crippen LogP contribution in [0.15, 0.2) is 36.4 Å². The number of halogens is 1. The van der Waals surface area contributed by atoms with Crippen molar-refractivity contribution < 1.29 is 21.9 Å². The van der Waals surface area contributed by atoms with Crippen LogP contribution in [0.5, 0.6) is 11.5 Å². The zero-order chi connectivity index (χ0) is 22.9. The summed E-state index contributed by atoms with van der Waals surface area (Å²) in [6.45, 7) is 24.5. The van der Waals surface area contributed by atoms with Crippen molar-refractivity contribution in [3.8, 4) is 11.5 Å². The summed E-state index contributed by atoms with van der Waals surface area (Å²) in [7, 11) is 0.630. The van der Waals surface area contributed by atoms with E-state index in [1.165, 1.54) is 22.3 Å². The maximum absolute atomic E-state index is 6.56. The Hall–Kier alpha value is -0.708. The standard InChI is InChI=1S/2C11H16O.C4H10P.ClH.Cr/c2*1-8-7-9(11(2,3)4)5-6-10(8)12;1-4(2,3)5;;/h2*5-7,12H,1-4H3;5H,1-3H3;1H;/q;;-1;;+3/p-2. The molecule has 0 saturated carbocycles. The molecule has 175 valence electrons. The number of hydrogen-bond donors (Lipinski definition) is 0. The molecule has 0 N–H and O–H groups in total. The van der Waals surface area contributed by atoms with E-state index >= 15 is 0 Å². The molecule has 31 heavy (non-hydrogen) atoms. The number of hydrogen-bond acceptors (Lipinski definition) is 2. The minimum absolute atomic E-state index is 0. The first-order valence-corrected chi connectivity index (χ1v) is 14.5. The monoisotopic (exact) mass is 503 g/mol. The molecular weight excluding hydrogens is 463 g/mol. The van der Waals surface area contributed by atoms with Crippen LogP contribution in [0.25, 0.3) is 0 Å². The van der Waals surface area contributed by atoms with Crippen LogP contribution in [0, 0.1) is 13.8 Å². The first-order chi connectivity index (χ1) is 13.6. The van der Waals surface area contributed by atoms with Gasteiger partial charge in [-0.05, 0) is 0 Å². The summed E-state index contributed by atoms with van der Waals surface area (Å²) in [5.74, 6) is 1.91. The van der Waals surface area contributed by atoms with E-state index in [4.69, 9.17) is 7.58 Å². The SMILES string of the molecule is Cc1cc(C(C)(C)C)ccc1[O][Cr]([O]c1ccc(C(C)(C)C)cc1C)[PH]C(C)(C)C.Cl. The van der Waals surface area contributed by atoms with Gasteiger partial charge >= 0.3 is 191 Å². The predicted octanol–water partition coefficient (Wildman–Crippen LogP) is 8.62. The van der Waals surface area contributed by atoms with Gasteiger partial charge in [-0.25, -0.2) is 0 Å². The molecule has 2 aromatic carbocycles. The molecule has 5 heteroatoms. The number of rotatable bonds is 5. The molecule has 0 aromatic heterocycles. The van der Waals surface area contributed by atoms with Crippen molar-refractivity contribution in [1.82, 2.24) is 0 Å². The van der Waals surface area contributed by atoms with Crippen LogP contribution in [-0.2, 0) is 25.2 Å². The Kier molecular flexibility index (Phi) is 9.58. The van der Waals surface area contributed by atoms with Gasteiger partial charge in [-0.2, -0.15) is 0 Å². The first-order valence-electron chi connectivity index (χ1n) is 10.7. The van der Waals surface area contributed by atoms with Gasteiger partial charge in [-0.15, -0.1) is 12.4 Å². The van der Waals surface area contributed by atoms with Crippen molar-refractivity contribution in [1.29, 1.82) is 0 Å². The average molecular weight is 504 g/mol. The maximum atomic E-state index is 6.56. The fourth-order valence-electron chi connectivity index (χ4n) is 2.89. The Morgan fingerprint density at radius 2 is 1.00 bits per heavy atom. The van der Waals surface area contributed by atoms with Gasteiger partial charge in [-0.1, -0.05) is 0 Å². The number of benzene rings is 2. The molecule has 0 fully saturated rings. The van der Waals surface area contributed by atoms with E-state index in [2.05, 4.69) is 113 Å². The predicted molar refractivity (Wildman–Crippen MR) is 136 cm³/mol. The molecule has 0 heterocycles. The van der Waals surface area contributed by atoms with Crippen LogP contribution in [0.4, 0.5) is 0 Å². The van der Waals surface area contributed by atoms with Crippen molar-refractivity contribution in [2.75, 3.05) is 0 Å². The van der Waals surface area contributed by atoms with E-state index in [0.29, 0.717) is 7.23 Å². The third-order valence-electron chi connectivity index (χ3n) is 4.80.